The van der Waals surface area contributed by atoms with Gasteiger partial charge in [-0.05, 0) is 18.6 Å². The number of nitrogens with one attached hydrogen (secondary N) is 1. The van der Waals surface area contributed by atoms with E-state index in [9.17, 15) is 0 Å². The van der Waals surface area contributed by atoms with Crippen LogP contribution in [0.1, 0.15) is 17.7 Å². The number of nitriles is 1. The number of nitrogens with two attached hydrogens (primary N) is 1. The van der Waals surface area contributed by atoms with E-state index in [2.05, 4.69) is 26.4 Å². The lowest BCUT2D eigenvalue weighted by Gasteiger charge is -2.23. The number of anilines is 2. The van der Waals surface area contributed by atoms with Crippen molar-refractivity contribution in [1.82, 2.24) is 15.0 Å². The normalized spacial score (nSPS) is 9.95. The van der Waals surface area contributed by atoms with Gasteiger partial charge >= 0.3 is 0 Å². The molecular formula is C14H17N7. The summed E-state index contributed by atoms with van der Waals surface area (Å²) in [6, 6.07) is 7.90. The van der Waals surface area contributed by atoms with E-state index in [-0.39, 0.29) is 0 Å². The van der Waals surface area contributed by atoms with E-state index in [1.54, 1.807) is 12.4 Å². The highest BCUT2D eigenvalue weighted by molar-refractivity contribution is 5.45. The molecule has 0 aliphatic rings. The number of aryl methyl sites for hydroxylation is 1. The second kappa shape index (κ2) is 7.17. The second-order valence-electron chi connectivity index (χ2n) is 4.53. The van der Waals surface area contributed by atoms with Gasteiger partial charge in [0.15, 0.2) is 0 Å². The first kappa shape index (κ1) is 14.7. The van der Waals surface area contributed by atoms with Crippen molar-refractivity contribution in [2.24, 2.45) is 5.84 Å². The van der Waals surface area contributed by atoms with E-state index in [0.717, 1.165) is 17.1 Å². The monoisotopic (exact) mass is 283 g/mol. The van der Waals surface area contributed by atoms with Crippen molar-refractivity contribution >= 4 is 11.8 Å². The van der Waals surface area contributed by atoms with Crippen LogP contribution in [-0.2, 0) is 6.54 Å². The third-order valence-corrected chi connectivity index (χ3v) is 2.88. The first-order chi connectivity index (χ1) is 10.2. The minimum absolute atomic E-state index is 0.359. The predicted octanol–water partition coefficient (Wildman–Crippen LogP) is 1.39. The molecule has 0 bridgehead atoms. The van der Waals surface area contributed by atoms with Crippen LogP contribution >= 0.6 is 0 Å². The Kier molecular flexibility index (Phi) is 5.01. The molecule has 2 aromatic rings. The molecule has 0 amide bonds. The highest BCUT2D eigenvalue weighted by Crippen LogP contribution is 2.17. The van der Waals surface area contributed by atoms with E-state index in [0.29, 0.717) is 25.5 Å². The number of rotatable bonds is 6. The number of hydrogen-bond donors (Lipinski definition) is 2. The molecule has 2 aromatic heterocycles. The van der Waals surface area contributed by atoms with Gasteiger partial charge in [0.1, 0.15) is 5.82 Å². The molecule has 0 spiro atoms. The number of hydrazine groups is 1. The zero-order valence-corrected chi connectivity index (χ0v) is 11.8. The summed E-state index contributed by atoms with van der Waals surface area (Å²) in [6.45, 7) is 3.07. The van der Waals surface area contributed by atoms with Gasteiger partial charge in [0.25, 0.3) is 0 Å². The van der Waals surface area contributed by atoms with Gasteiger partial charge in [0.2, 0.25) is 5.95 Å². The van der Waals surface area contributed by atoms with E-state index in [1.807, 2.05) is 30.0 Å². The summed E-state index contributed by atoms with van der Waals surface area (Å²) >= 11 is 0. The van der Waals surface area contributed by atoms with Crippen LogP contribution in [-0.4, -0.2) is 21.5 Å². The average molecular weight is 283 g/mol. The molecule has 0 saturated carbocycles. The van der Waals surface area contributed by atoms with E-state index < -0.39 is 0 Å². The fraction of sp³-hybridized carbons (Fsp3) is 0.286. The largest absolute Gasteiger partial charge is 0.351 e. The molecule has 21 heavy (non-hydrogen) atoms. The average Bonchev–Trinajstić information content (AvgIpc) is 2.51. The van der Waals surface area contributed by atoms with Gasteiger partial charge in [0, 0.05) is 37.2 Å². The van der Waals surface area contributed by atoms with Crippen molar-refractivity contribution in [3.63, 3.8) is 0 Å². The fourth-order valence-corrected chi connectivity index (χ4v) is 1.95. The Morgan fingerprint density at radius 1 is 1.43 bits per heavy atom. The summed E-state index contributed by atoms with van der Waals surface area (Å²) in [4.78, 5) is 14.6. The molecule has 0 saturated heterocycles. The van der Waals surface area contributed by atoms with Crippen LogP contribution in [0.2, 0.25) is 0 Å². The van der Waals surface area contributed by atoms with Crippen molar-refractivity contribution in [2.45, 2.75) is 19.9 Å². The summed E-state index contributed by atoms with van der Waals surface area (Å²) in [5.41, 5.74) is 4.31. The molecule has 0 aromatic carbocycles. The molecule has 3 N–H and O–H groups in total. The zero-order valence-electron chi connectivity index (χ0n) is 11.8. The van der Waals surface area contributed by atoms with Crippen molar-refractivity contribution < 1.29 is 0 Å². The Bertz CT molecular complexity index is 621. The van der Waals surface area contributed by atoms with Crippen LogP contribution in [0.15, 0.2) is 30.6 Å². The maximum absolute atomic E-state index is 8.83. The second-order valence-corrected chi connectivity index (χ2v) is 4.53. The molecule has 2 rings (SSSR count). The number of hydrogen-bond acceptors (Lipinski definition) is 7. The van der Waals surface area contributed by atoms with Crippen LogP contribution in [0.25, 0.3) is 0 Å². The van der Waals surface area contributed by atoms with Gasteiger partial charge in [0.05, 0.1) is 12.5 Å². The molecule has 0 aliphatic heterocycles. The maximum Gasteiger partial charge on any atom is 0.239 e. The van der Waals surface area contributed by atoms with Gasteiger partial charge in [-0.3, -0.25) is 10.4 Å². The third-order valence-electron chi connectivity index (χ3n) is 2.88. The van der Waals surface area contributed by atoms with Crippen LogP contribution in [0, 0.1) is 18.3 Å². The Balaban J connectivity index is 2.27. The van der Waals surface area contributed by atoms with Crippen molar-refractivity contribution in [3.05, 3.63) is 41.9 Å². The molecule has 0 radical (unpaired) electrons. The molecule has 7 heteroatoms. The Morgan fingerprint density at radius 2 is 2.29 bits per heavy atom. The molecule has 108 valence electrons. The Morgan fingerprint density at radius 3 is 2.95 bits per heavy atom. The van der Waals surface area contributed by atoms with Crippen LogP contribution in [0.5, 0.6) is 0 Å². The minimum atomic E-state index is 0.359. The van der Waals surface area contributed by atoms with Gasteiger partial charge in [-0.1, -0.05) is 6.07 Å². The quantitative estimate of drug-likeness (QED) is 0.609. The first-order valence-electron chi connectivity index (χ1n) is 6.56. The van der Waals surface area contributed by atoms with Crippen molar-refractivity contribution in [1.29, 1.82) is 5.26 Å². The lowest BCUT2D eigenvalue weighted by Crippen LogP contribution is -2.26. The number of aromatic nitrogens is 3. The molecule has 0 aliphatic carbocycles. The van der Waals surface area contributed by atoms with Crippen LogP contribution in [0.3, 0.4) is 0 Å². The standard InChI is InChI=1S/C14H17N7/c1-11-8-13(19-14(18-11)20-16)21(7-3-5-15)10-12-4-2-6-17-9-12/h2,4,6,8-9H,3,7,10,16H2,1H3,(H,18,19,20). The third kappa shape index (κ3) is 4.12. The summed E-state index contributed by atoms with van der Waals surface area (Å²) in [6.07, 6.45) is 3.94. The molecule has 0 atom stereocenters. The van der Waals surface area contributed by atoms with Gasteiger partial charge in [-0.15, -0.1) is 0 Å². The van der Waals surface area contributed by atoms with Gasteiger partial charge in [-0.2, -0.15) is 10.2 Å². The highest BCUT2D eigenvalue weighted by atomic mass is 15.3. The summed E-state index contributed by atoms with van der Waals surface area (Å²) in [5, 5.41) is 8.83. The Hall–Kier alpha value is -2.72. The topological polar surface area (TPSA) is 104 Å². The van der Waals surface area contributed by atoms with E-state index >= 15 is 0 Å². The smallest absolute Gasteiger partial charge is 0.239 e. The van der Waals surface area contributed by atoms with Crippen molar-refractivity contribution in [2.75, 3.05) is 16.9 Å². The maximum atomic E-state index is 8.83. The number of nitrogens with zero attached hydrogens (tertiary/aromatic N) is 5. The summed E-state index contributed by atoms with van der Waals surface area (Å²) in [7, 11) is 0. The van der Waals surface area contributed by atoms with Gasteiger partial charge < -0.3 is 4.90 Å². The molecular weight excluding hydrogens is 266 g/mol. The molecule has 0 unspecified atom stereocenters. The lowest BCUT2D eigenvalue weighted by molar-refractivity contribution is 0.776. The first-order valence-corrected chi connectivity index (χ1v) is 6.56. The minimum Gasteiger partial charge on any atom is -0.351 e. The van der Waals surface area contributed by atoms with Gasteiger partial charge in [-0.25, -0.2) is 10.8 Å². The van der Waals surface area contributed by atoms with Crippen molar-refractivity contribution in [3.8, 4) is 6.07 Å². The predicted molar refractivity (Wildman–Crippen MR) is 80.1 cm³/mol. The number of pyridine rings is 1. The van der Waals surface area contributed by atoms with Crippen LogP contribution in [0.4, 0.5) is 11.8 Å². The van der Waals surface area contributed by atoms with Crippen LogP contribution < -0.4 is 16.2 Å². The number of nitrogen functional groups attached to an aromatic ring is 1. The SMILES string of the molecule is Cc1cc(N(CCC#N)Cc2cccnc2)nc(NN)n1. The molecule has 7 nitrogen and oxygen atoms in total. The fourth-order valence-electron chi connectivity index (χ4n) is 1.95. The summed E-state index contributed by atoms with van der Waals surface area (Å²) in [5.74, 6) is 6.48. The van der Waals surface area contributed by atoms with E-state index in [1.165, 1.54) is 0 Å². The van der Waals surface area contributed by atoms with E-state index in [4.69, 9.17) is 11.1 Å². The zero-order chi connectivity index (χ0) is 15.1. The molecule has 0 fully saturated rings. The highest BCUT2D eigenvalue weighted by Gasteiger charge is 2.11. The molecule has 2 heterocycles. The Labute approximate surface area is 123 Å². The summed E-state index contributed by atoms with van der Waals surface area (Å²) < 4.78 is 0. The lowest BCUT2D eigenvalue weighted by atomic mass is 10.2.